The number of fused-ring (bicyclic) bond motifs is 1. The molecule has 3 aliphatic carbocycles. The molecule has 0 amide bonds. The van der Waals surface area contributed by atoms with E-state index < -0.39 is 28.5 Å². The Morgan fingerprint density at radius 1 is 1.20 bits per heavy atom. The first-order chi connectivity index (χ1) is 11.6. The van der Waals surface area contributed by atoms with E-state index in [9.17, 15) is 14.7 Å². The zero-order valence-corrected chi connectivity index (χ0v) is 15.3. The standard InChI is InChI=1S/C20H26O5/c1-9(2)14-13-8-10(3)12-7-6-11(4)19-18(12,13)16(22)17(5,24-19)25-20(19,23)15(14)21/h10-14,23H,1,6-8H2,2-5H3/t10-,11-,12+,13-,14-,17-,18+,19-,20+/m0/s1. The van der Waals surface area contributed by atoms with E-state index in [1.807, 2.05) is 13.8 Å². The smallest absolute Gasteiger partial charge is 0.261 e. The number of aliphatic hydroxyl groups is 1. The third kappa shape index (κ3) is 1.25. The van der Waals surface area contributed by atoms with Crippen LogP contribution in [0.3, 0.4) is 0 Å². The average molecular weight is 346 g/mol. The number of ether oxygens (including phenoxy) is 2. The molecule has 0 aromatic rings. The van der Waals surface area contributed by atoms with Gasteiger partial charge in [-0.3, -0.25) is 9.59 Å². The molecule has 1 N–H and O–H groups in total. The normalized spacial score (nSPS) is 61.6. The fourth-order valence-electron chi connectivity index (χ4n) is 7.70. The zero-order chi connectivity index (χ0) is 18.2. The molecular formula is C20H26O5. The van der Waals surface area contributed by atoms with E-state index in [0.29, 0.717) is 11.5 Å². The van der Waals surface area contributed by atoms with Crippen LogP contribution >= 0.6 is 0 Å². The molecule has 0 aromatic carbocycles. The summed E-state index contributed by atoms with van der Waals surface area (Å²) in [5.74, 6) is -4.40. The lowest BCUT2D eigenvalue weighted by Gasteiger charge is -2.63. The van der Waals surface area contributed by atoms with Gasteiger partial charge in [0.25, 0.3) is 5.79 Å². The number of hydrogen-bond acceptors (Lipinski definition) is 5. The Bertz CT molecular complexity index is 744. The Labute approximate surface area is 147 Å². The molecule has 5 nitrogen and oxygen atoms in total. The molecule has 25 heavy (non-hydrogen) atoms. The van der Waals surface area contributed by atoms with Crippen LogP contribution in [-0.2, 0) is 19.1 Å². The van der Waals surface area contributed by atoms with Crippen molar-refractivity contribution in [2.75, 3.05) is 0 Å². The Balaban J connectivity index is 1.89. The van der Waals surface area contributed by atoms with Crippen molar-refractivity contribution in [2.45, 2.75) is 64.1 Å². The number of ketones is 2. The van der Waals surface area contributed by atoms with Crippen molar-refractivity contribution >= 4 is 11.6 Å². The highest BCUT2D eigenvalue weighted by Crippen LogP contribution is 2.79. The molecule has 3 saturated carbocycles. The molecule has 0 unspecified atom stereocenters. The summed E-state index contributed by atoms with van der Waals surface area (Å²) < 4.78 is 12.1. The van der Waals surface area contributed by atoms with Crippen molar-refractivity contribution in [1.29, 1.82) is 0 Å². The van der Waals surface area contributed by atoms with Gasteiger partial charge in [0, 0.05) is 5.92 Å². The predicted molar refractivity (Wildman–Crippen MR) is 88.2 cm³/mol. The Morgan fingerprint density at radius 2 is 1.88 bits per heavy atom. The van der Waals surface area contributed by atoms with Crippen LogP contribution in [0.25, 0.3) is 0 Å². The van der Waals surface area contributed by atoms with Crippen molar-refractivity contribution < 1.29 is 24.2 Å². The summed E-state index contributed by atoms with van der Waals surface area (Å²) in [6.45, 7) is 11.6. The average Bonchev–Trinajstić information content (AvgIpc) is 3.03. The molecule has 9 atom stereocenters. The molecule has 5 fully saturated rings. The second-order valence-electron chi connectivity index (χ2n) is 9.32. The first kappa shape index (κ1) is 16.2. The first-order valence-electron chi connectivity index (χ1n) is 9.45. The van der Waals surface area contributed by atoms with E-state index in [1.165, 1.54) is 0 Å². The monoisotopic (exact) mass is 346 g/mol. The lowest BCUT2D eigenvalue weighted by atomic mass is 9.42. The van der Waals surface area contributed by atoms with Crippen molar-refractivity contribution in [3.8, 4) is 0 Å². The van der Waals surface area contributed by atoms with Crippen LogP contribution in [0.1, 0.15) is 47.0 Å². The van der Waals surface area contributed by atoms with Gasteiger partial charge in [0.15, 0.2) is 0 Å². The highest BCUT2D eigenvalue weighted by Gasteiger charge is 2.94. The van der Waals surface area contributed by atoms with E-state index in [-0.39, 0.29) is 29.3 Å². The third-order valence-corrected chi connectivity index (χ3v) is 8.24. The van der Waals surface area contributed by atoms with Gasteiger partial charge >= 0.3 is 0 Å². The fraction of sp³-hybridized carbons (Fsp3) is 0.800. The van der Waals surface area contributed by atoms with Crippen LogP contribution in [0.15, 0.2) is 12.2 Å². The van der Waals surface area contributed by atoms with Crippen LogP contribution < -0.4 is 0 Å². The molecule has 2 aliphatic heterocycles. The summed E-state index contributed by atoms with van der Waals surface area (Å²) in [6, 6.07) is 0. The van der Waals surface area contributed by atoms with Gasteiger partial charge in [-0.05, 0) is 56.8 Å². The van der Waals surface area contributed by atoms with E-state index in [0.717, 1.165) is 19.3 Å². The minimum atomic E-state index is -2.06. The minimum Gasteiger partial charge on any atom is -0.357 e. The predicted octanol–water partition coefficient (Wildman–Crippen LogP) is 2.22. The molecule has 2 spiro atoms. The number of hydrogen-bond donors (Lipinski definition) is 1. The van der Waals surface area contributed by atoms with Crippen molar-refractivity contribution in [1.82, 2.24) is 0 Å². The van der Waals surface area contributed by atoms with Gasteiger partial charge in [0.2, 0.25) is 17.4 Å². The van der Waals surface area contributed by atoms with Crippen molar-refractivity contribution in [2.24, 2.45) is 35.0 Å². The SMILES string of the molecule is C=C(C)[C@@H]1C(=O)[C@@]2(O)O[C@]3(C)O[C@]24[C@@H](C)CC[C@@H]2[C@@H](C)C[C@@H]1[C@@]24C3=O. The minimum absolute atomic E-state index is 0.0608. The number of Topliss-reactive ketones (excluding diaryl/α,β-unsaturated/α-hetero) is 2. The topological polar surface area (TPSA) is 72.8 Å². The van der Waals surface area contributed by atoms with E-state index in [2.05, 4.69) is 13.5 Å². The molecule has 2 saturated heterocycles. The van der Waals surface area contributed by atoms with Gasteiger partial charge in [-0.15, -0.1) is 0 Å². The Hall–Kier alpha value is -1.04. The summed E-state index contributed by atoms with van der Waals surface area (Å²) >= 11 is 0. The number of carbonyl (C=O) groups is 2. The second kappa shape index (κ2) is 4.10. The molecular weight excluding hydrogens is 320 g/mol. The lowest BCUT2D eigenvalue weighted by molar-refractivity contribution is -0.299. The summed E-state index contributed by atoms with van der Waals surface area (Å²) in [6.07, 6.45) is 2.55. The van der Waals surface area contributed by atoms with Crippen molar-refractivity contribution in [3.63, 3.8) is 0 Å². The molecule has 136 valence electrons. The zero-order valence-electron chi connectivity index (χ0n) is 15.3. The lowest BCUT2D eigenvalue weighted by Crippen LogP contribution is -2.80. The second-order valence-corrected chi connectivity index (χ2v) is 9.32. The summed E-state index contributed by atoms with van der Waals surface area (Å²) in [5.41, 5.74) is -1.40. The van der Waals surface area contributed by atoms with Gasteiger partial charge in [-0.2, -0.15) is 0 Å². The van der Waals surface area contributed by atoms with Crippen LogP contribution in [0.2, 0.25) is 0 Å². The number of allylic oxidation sites excluding steroid dienone is 1. The van der Waals surface area contributed by atoms with E-state index >= 15 is 0 Å². The Kier molecular flexibility index (Phi) is 2.65. The van der Waals surface area contributed by atoms with Gasteiger partial charge in [0.1, 0.15) is 5.60 Å². The number of carbonyl (C=O) groups excluding carboxylic acids is 2. The largest absolute Gasteiger partial charge is 0.357 e. The molecule has 0 radical (unpaired) electrons. The van der Waals surface area contributed by atoms with Crippen LogP contribution in [0, 0.1) is 35.0 Å². The first-order valence-corrected chi connectivity index (χ1v) is 9.45. The van der Waals surface area contributed by atoms with Gasteiger partial charge in [-0.25, -0.2) is 0 Å². The van der Waals surface area contributed by atoms with Crippen LogP contribution in [0.4, 0.5) is 0 Å². The molecule has 5 aliphatic rings. The molecule has 2 bridgehead atoms. The highest BCUT2D eigenvalue weighted by molar-refractivity contribution is 6.05. The van der Waals surface area contributed by atoms with Gasteiger partial charge in [0.05, 0.1) is 5.41 Å². The summed E-state index contributed by atoms with van der Waals surface area (Å²) in [5, 5.41) is 11.6. The highest BCUT2D eigenvalue weighted by atomic mass is 16.8. The summed E-state index contributed by atoms with van der Waals surface area (Å²) in [4.78, 5) is 27.2. The third-order valence-electron chi connectivity index (χ3n) is 8.24. The van der Waals surface area contributed by atoms with Crippen LogP contribution in [0.5, 0.6) is 0 Å². The fourth-order valence-corrected chi connectivity index (χ4v) is 7.70. The van der Waals surface area contributed by atoms with Crippen LogP contribution in [-0.4, -0.2) is 33.8 Å². The number of rotatable bonds is 1. The van der Waals surface area contributed by atoms with Gasteiger partial charge in [-0.1, -0.05) is 26.0 Å². The molecule has 5 rings (SSSR count). The molecule has 0 aromatic heterocycles. The molecule has 5 heteroatoms. The maximum atomic E-state index is 13.7. The van der Waals surface area contributed by atoms with E-state index in [1.54, 1.807) is 6.92 Å². The molecule has 2 heterocycles. The van der Waals surface area contributed by atoms with Gasteiger partial charge < -0.3 is 14.6 Å². The quantitative estimate of drug-likeness (QED) is 0.737. The maximum absolute atomic E-state index is 13.7. The van der Waals surface area contributed by atoms with E-state index in [4.69, 9.17) is 9.47 Å². The maximum Gasteiger partial charge on any atom is 0.261 e. The Morgan fingerprint density at radius 3 is 2.52 bits per heavy atom. The summed E-state index contributed by atoms with van der Waals surface area (Å²) in [7, 11) is 0. The van der Waals surface area contributed by atoms with Crippen molar-refractivity contribution in [3.05, 3.63) is 12.2 Å².